The zero-order valence-electron chi connectivity index (χ0n) is 23.0. The molecule has 2 aliphatic rings. The van der Waals surface area contributed by atoms with Gasteiger partial charge in [-0.25, -0.2) is 29.4 Å². The number of hydrogen-bond acceptors (Lipinski definition) is 10. The number of nitrogens with one attached hydrogen (secondary N) is 1. The molecule has 7 rings (SSSR count). The summed E-state index contributed by atoms with van der Waals surface area (Å²) < 4.78 is 60.6. The van der Waals surface area contributed by atoms with Gasteiger partial charge >= 0.3 is 6.18 Å². The van der Waals surface area contributed by atoms with Gasteiger partial charge < -0.3 is 24.1 Å². The molecule has 43 heavy (non-hydrogen) atoms. The first kappa shape index (κ1) is 27.1. The van der Waals surface area contributed by atoms with Gasteiger partial charge in [0, 0.05) is 37.6 Å². The molecule has 12 nitrogen and oxygen atoms in total. The molecule has 1 fully saturated rings. The largest absolute Gasteiger partial charge is 0.490 e. The maximum atomic E-state index is 13.5. The second kappa shape index (κ2) is 10.8. The van der Waals surface area contributed by atoms with E-state index in [9.17, 15) is 13.2 Å². The van der Waals surface area contributed by atoms with Gasteiger partial charge in [0.25, 0.3) is 0 Å². The zero-order valence-corrected chi connectivity index (χ0v) is 23.0. The molecule has 5 heterocycles. The van der Waals surface area contributed by atoms with Crippen molar-refractivity contribution in [1.82, 2.24) is 39.1 Å². The first-order valence-corrected chi connectivity index (χ1v) is 13.7. The van der Waals surface area contributed by atoms with Gasteiger partial charge in [-0.2, -0.15) is 13.2 Å². The molecule has 1 aliphatic carbocycles. The highest BCUT2D eigenvalue weighted by molar-refractivity contribution is 5.71. The Hall–Kier alpha value is -4.79. The van der Waals surface area contributed by atoms with Crippen molar-refractivity contribution in [3.63, 3.8) is 0 Å². The lowest BCUT2D eigenvalue weighted by molar-refractivity contribution is -0.140. The Balaban J connectivity index is 1.22. The second-order valence-corrected chi connectivity index (χ2v) is 10.2. The predicted octanol–water partition coefficient (Wildman–Crippen LogP) is 4.37. The van der Waals surface area contributed by atoms with Crippen LogP contribution in [0.2, 0.25) is 0 Å². The fourth-order valence-corrected chi connectivity index (χ4v) is 5.05. The molecule has 0 amide bonds. The average molecular weight is 594 g/mol. The van der Waals surface area contributed by atoms with Gasteiger partial charge in [-0.05, 0) is 30.5 Å². The van der Waals surface area contributed by atoms with E-state index in [2.05, 4.69) is 30.4 Å². The average Bonchev–Trinajstić information content (AvgIpc) is 3.57. The highest BCUT2D eigenvalue weighted by Gasteiger charge is 2.35. The number of alkyl halides is 3. The molecule has 15 heteroatoms. The van der Waals surface area contributed by atoms with Crippen molar-refractivity contribution in [2.24, 2.45) is 0 Å². The molecule has 1 N–H and O–H groups in total. The number of methoxy groups -OCH3 is 1. The van der Waals surface area contributed by atoms with Crippen LogP contribution >= 0.6 is 0 Å². The van der Waals surface area contributed by atoms with Gasteiger partial charge in [0.2, 0.25) is 5.88 Å². The SMILES string of the molecule is COc1ncnc(C2CC2)c1-c1nc(NCc2ccc3c(c2)OCCOCCn2cc(C(F)(F)F)nc2-3)c2nccn2n1. The van der Waals surface area contributed by atoms with Crippen molar-refractivity contribution in [3.8, 4) is 34.4 Å². The maximum Gasteiger partial charge on any atom is 0.434 e. The number of rotatable bonds is 6. The Bertz CT molecular complexity index is 1800. The van der Waals surface area contributed by atoms with E-state index in [0.29, 0.717) is 59.1 Å². The van der Waals surface area contributed by atoms with Crippen molar-refractivity contribution in [2.75, 3.05) is 32.2 Å². The summed E-state index contributed by atoms with van der Waals surface area (Å²) in [6.45, 7) is 1.33. The molecule has 0 atom stereocenters. The molecule has 0 unspecified atom stereocenters. The topological polar surface area (TPSA) is 126 Å². The van der Waals surface area contributed by atoms with Crippen LogP contribution in [0.1, 0.15) is 35.7 Å². The lowest BCUT2D eigenvalue weighted by Gasteiger charge is -2.17. The van der Waals surface area contributed by atoms with Crippen LogP contribution in [0, 0.1) is 0 Å². The zero-order chi connectivity index (χ0) is 29.6. The molecule has 1 aliphatic heterocycles. The van der Waals surface area contributed by atoms with Crippen molar-refractivity contribution >= 4 is 11.5 Å². The quantitative estimate of drug-likeness (QED) is 0.303. The monoisotopic (exact) mass is 593 g/mol. The van der Waals surface area contributed by atoms with Gasteiger partial charge in [-0.15, -0.1) is 5.10 Å². The van der Waals surface area contributed by atoms with Crippen molar-refractivity contribution in [1.29, 1.82) is 0 Å². The fraction of sp³-hybridized carbons (Fsp3) is 0.357. The van der Waals surface area contributed by atoms with Crippen molar-refractivity contribution in [3.05, 3.63) is 60.1 Å². The Labute approximate surface area is 242 Å². The maximum absolute atomic E-state index is 13.5. The number of ether oxygens (including phenoxy) is 3. The Morgan fingerprint density at radius 1 is 1.09 bits per heavy atom. The smallest absolute Gasteiger partial charge is 0.434 e. The van der Waals surface area contributed by atoms with Crippen molar-refractivity contribution < 1.29 is 27.4 Å². The third kappa shape index (κ3) is 5.31. The number of imidazole rings is 2. The number of benzene rings is 1. The number of anilines is 1. The first-order valence-electron chi connectivity index (χ1n) is 13.7. The summed E-state index contributed by atoms with van der Waals surface area (Å²) >= 11 is 0. The molecule has 0 bridgehead atoms. The minimum Gasteiger partial charge on any atom is -0.490 e. The first-order chi connectivity index (χ1) is 20.9. The van der Waals surface area contributed by atoms with Gasteiger partial charge in [0.15, 0.2) is 23.0 Å². The molecule has 1 saturated carbocycles. The van der Waals surface area contributed by atoms with E-state index in [1.807, 2.05) is 6.07 Å². The highest BCUT2D eigenvalue weighted by Crippen LogP contribution is 2.45. The van der Waals surface area contributed by atoms with Crippen LogP contribution in [-0.2, 0) is 24.0 Å². The Morgan fingerprint density at radius 2 is 1.98 bits per heavy atom. The van der Waals surface area contributed by atoms with Gasteiger partial charge in [-0.3, -0.25) is 0 Å². The third-order valence-electron chi connectivity index (χ3n) is 7.25. The number of fused-ring (bicyclic) bond motifs is 4. The highest BCUT2D eigenvalue weighted by atomic mass is 19.4. The van der Waals surface area contributed by atoms with Gasteiger partial charge in [-0.1, -0.05) is 6.07 Å². The van der Waals surface area contributed by atoms with E-state index in [0.717, 1.165) is 30.3 Å². The van der Waals surface area contributed by atoms with E-state index in [1.54, 1.807) is 36.2 Å². The van der Waals surface area contributed by atoms with Gasteiger partial charge in [0.05, 0.1) is 31.6 Å². The minimum atomic E-state index is -4.57. The molecule has 0 saturated heterocycles. The van der Waals surface area contributed by atoms with E-state index in [1.165, 1.54) is 10.9 Å². The molecule has 222 valence electrons. The van der Waals surface area contributed by atoms with Crippen LogP contribution in [0.15, 0.2) is 43.1 Å². The summed E-state index contributed by atoms with van der Waals surface area (Å²) in [7, 11) is 1.55. The van der Waals surface area contributed by atoms with Crippen LogP contribution in [-0.4, -0.2) is 66.0 Å². The van der Waals surface area contributed by atoms with E-state index in [-0.39, 0.29) is 25.6 Å². The fourth-order valence-electron chi connectivity index (χ4n) is 5.05. The summed E-state index contributed by atoms with van der Waals surface area (Å²) in [5.74, 6) is 2.13. The summed E-state index contributed by atoms with van der Waals surface area (Å²) in [6.07, 6.45) is 3.32. The molecule has 1 aromatic carbocycles. The number of hydrogen-bond donors (Lipinski definition) is 1. The van der Waals surface area contributed by atoms with Crippen LogP contribution in [0.4, 0.5) is 19.0 Å². The van der Waals surface area contributed by atoms with E-state index in [4.69, 9.17) is 19.2 Å². The third-order valence-corrected chi connectivity index (χ3v) is 7.25. The molecular weight excluding hydrogens is 567 g/mol. The molecule has 4 aromatic heterocycles. The lowest BCUT2D eigenvalue weighted by atomic mass is 10.1. The van der Waals surface area contributed by atoms with E-state index >= 15 is 0 Å². The summed E-state index contributed by atoms with van der Waals surface area (Å²) in [4.78, 5) is 21.9. The van der Waals surface area contributed by atoms with E-state index < -0.39 is 11.9 Å². The Kier molecular flexibility index (Phi) is 6.80. The summed E-state index contributed by atoms with van der Waals surface area (Å²) in [5, 5.41) is 7.99. The van der Waals surface area contributed by atoms with Crippen LogP contribution < -0.4 is 14.8 Å². The molecule has 0 radical (unpaired) electrons. The standard InChI is InChI=1S/C28H26F3N9O3/c1-41-27-21(22(17-3-4-17)34-15-35-27)23-37-24(26-32-6-7-40(26)38-23)33-13-16-2-5-18-19(12-16)43-11-10-42-9-8-39-14-20(28(29,30)31)36-25(18)39/h2,5-7,12,14-15,17H,3-4,8-11,13H2,1H3,(H,33,37,38). The van der Waals surface area contributed by atoms with Crippen LogP contribution in [0.5, 0.6) is 11.6 Å². The van der Waals surface area contributed by atoms with Crippen molar-refractivity contribution in [2.45, 2.75) is 38.0 Å². The predicted molar refractivity (Wildman–Crippen MR) is 147 cm³/mol. The summed E-state index contributed by atoms with van der Waals surface area (Å²) in [5.41, 5.74) is 2.30. The molecule has 0 spiro atoms. The normalized spacial score (nSPS) is 15.4. The van der Waals surface area contributed by atoms with Crippen LogP contribution in [0.25, 0.3) is 28.4 Å². The lowest BCUT2D eigenvalue weighted by Crippen LogP contribution is -2.15. The molecular formula is C28H26F3N9O3. The van der Waals surface area contributed by atoms with Crippen LogP contribution in [0.3, 0.4) is 0 Å². The van der Waals surface area contributed by atoms with Gasteiger partial charge in [0.1, 0.15) is 30.1 Å². The Morgan fingerprint density at radius 3 is 2.79 bits per heavy atom. The minimum absolute atomic E-state index is 0.164. The number of aromatic nitrogens is 8. The molecule has 5 aromatic rings. The second-order valence-electron chi connectivity index (χ2n) is 10.2. The number of nitrogens with zero attached hydrogens (tertiary/aromatic N) is 8. The number of halogens is 3. The summed E-state index contributed by atoms with van der Waals surface area (Å²) in [6, 6.07) is 5.31.